The molecule has 0 bridgehead atoms. The van der Waals surface area contributed by atoms with Crippen molar-refractivity contribution in [2.75, 3.05) is 12.3 Å². The molecule has 4 N–H and O–H groups in total. The Morgan fingerprint density at radius 2 is 2.35 bits per heavy atom. The van der Waals surface area contributed by atoms with Crippen molar-refractivity contribution in [2.24, 2.45) is 11.8 Å². The van der Waals surface area contributed by atoms with Crippen LogP contribution in [0.3, 0.4) is 0 Å². The number of aromatic nitrogens is 5. The number of hydrogen-bond acceptors (Lipinski definition) is 6. The summed E-state index contributed by atoms with van der Waals surface area (Å²) in [5, 5.41) is 16.6. The maximum Gasteiger partial charge on any atom is 0.282 e. The topological polar surface area (TPSA) is 123 Å². The third kappa shape index (κ3) is 1.66. The first-order chi connectivity index (χ1) is 8.19. The Balaban J connectivity index is 1.98. The number of rotatable bonds is 3. The molecule has 90 valence electrons. The Labute approximate surface area is 95.5 Å². The van der Waals surface area contributed by atoms with E-state index in [0.29, 0.717) is 24.0 Å². The molecule has 0 radical (unpaired) electrons. The van der Waals surface area contributed by atoms with Crippen LogP contribution in [-0.4, -0.2) is 36.7 Å². The van der Waals surface area contributed by atoms with Crippen LogP contribution in [0.15, 0.2) is 4.79 Å². The number of nitrogen functional groups attached to an aromatic ring is 1. The lowest BCUT2D eigenvalue weighted by molar-refractivity contribution is 0.265. The lowest BCUT2D eigenvalue weighted by Gasteiger charge is -2.00. The van der Waals surface area contributed by atoms with Gasteiger partial charge in [0.25, 0.3) is 5.56 Å². The minimum atomic E-state index is -0.381. The number of aromatic amines is 1. The summed E-state index contributed by atoms with van der Waals surface area (Å²) in [6.45, 7) is 0.797. The van der Waals surface area contributed by atoms with Gasteiger partial charge in [-0.1, -0.05) is 5.21 Å². The van der Waals surface area contributed by atoms with Gasteiger partial charge in [-0.15, -0.1) is 5.10 Å². The van der Waals surface area contributed by atoms with E-state index in [2.05, 4.69) is 20.3 Å². The van der Waals surface area contributed by atoms with E-state index in [9.17, 15) is 4.79 Å². The van der Waals surface area contributed by atoms with Crippen molar-refractivity contribution in [1.29, 1.82) is 0 Å². The fourth-order valence-electron chi connectivity index (χ4n) is 1.99. The van der Waals surface area contributed by atoms with Gasteiger partial charge in [0.2, 0.25) is 5.95 Å². The van der Waals surface area contributed by atoms with Crippen LogP contribution in [0, 0.1) is 11.8 Å². The van der Waals surface area contributed by atoms with Gasteiger partial charge in [0.05, 0.1) is 0 Å². The highest BCUT2D eigenvalue weighted by molar-refractivity contribution is 5.69. The van der Waals surface area contributed by atoms with Crippen LogP contribution in [0.25, 0.3) is 11.2 Å². The van der Waals surface area contributed by atoms with Crippen molar-refractivity contribution in [2.45, 2.75) is 13.0 Å². The average Bonchev–Trinajstić information content (AvgIpc) is 2.92. The van der Waals surface area contributed by atoms with Crippen LogP contribution in [0.1, 0.15) is 6.42 Å². The predicted octanol–water partition coefficient (Wildman–Crippen LogP) is -1.27. The van der Waals surface area contributed by atoms with E-state index in [1.54, 1.807) is 4.68 Å². The van der Waals surface area contributed by atoms with Crippen LogP contribution in [-0.2, 0) is 6.54 Å². The minimum Gasteiger partial charge on any atom is -0.396 e. The van der Waals surface area contributed by atoms with Crippen molar-refractivity contribution >= 4 is 17.1 Å². The molecule has 1 fully saturated rings. The first-order valence-electron chi connectivity index (χ1n) is 5.39. The summed E-state index contributed by atoms with van der Waals surface area (Å²) >= 11 is 0. The number of hydrogen-bond donors (Lipinski definition) is 3. The molecule has 8 heteroatoms. The molecule has 3 rings (SSSR count). The number of anilines is 1. The van der Waals surface area contributed by atoms with Crippen LogP contribution in [0.2, 0.25) is 0 Å². The number of aliphatic hydroxyl groups excluding tert-OH is 1. The van der Waals surface area contributed by atoms with E-state index in [1.807, 2.05) is 0 Å². The first kappa shape index (κ1) is 10.2. The summed E-state index contributed by atoms with van der Waals surface area (Å²) < 4.78 is 1.57. The second-order valence-corrected chi connectivity index (χ2v) is 4.33. The highest BCUT2D eigenvalue weighted by Gasteiger charge is 2.37. The zero-order valence-electron chi connectivity index (χ0n) is 9.00. The highest BCUT2D eigenvalue weighted by atomic mass is 16.3. The summed E-state index contributed by atoms with van der Waals surface area (Å²) in [5.74, 6) is 0.765. The van der Waals surface area contributed by atoms with Crippen molar-refractivity contribution in [1.82, 2.24) is 25.0 Å². The van der Waals surface area contributed by atoms with Gasteiger partial charge in [0, 0.05) is 13.2 Å². The molecular formula is C9H12N6O2. The number of aliphatic hydroxyl groups is 1. The Bertz CT molecular complexity index is 617. The fraction of sp³-hybridized carbons (Fsp3) is 0.556. The normalized spacial score (nSPS) is 23.1. The second kappa shape index (κ2) is 3.52. The van der Waals surface area contributed by atoms with Gasteiger partial charge < -0.3 is 10.8 Å². The first-order valence-corrected chi connectivity index (χ1v) is 5.39. The van der Waals surface area contributed by atoms with Crippen molar-refractivity contribution in [3.8, 4) is 0 Å². The Morgan fingerprint density at radius 1 is 1.53 bits per heavy atom. The van der Waals surface area contributed by atoms with Gasteiger partial charge in [-0.05, 0) is 18.3 Å². The quantitative estimate of drug-likeness (QED) is 0.610. The summed E-state index contributed by atoms with van der Waals surface area (Å²) in [5.41, 5.74) is 5.69. The molecule has 0 spiro atoms. The SMILES string of the molecule is Nc1nc2c(nnn2C[C@H]2C[C@H]2CO)c(=O)[nH]1. The molecule has 1 aliphatic carbocycles. The van der Waals surface area contributed by atoms with Gasteiger partial charge in [0.1, 0.15) is 0 Å². The molecule has 1 saturated carbocycles. The zero-order valence-corrected chi connectivity index (χ0v) is 9.00. The molecule has 8 nitrogen and oxygen atoms in total. The van der Waals surface area contributed by atoms with E-state index in [4.69, 9.17) is 10.8 Å². The molecule has 1 aliphatic rings. The van der Waals surface area contributed by atoms with E-state index >= 15 is 0 Å². The third-order valence-electron chi connectivity index (χ3n) is 3.10. The van der Waals surface area contributed by atoms with Crippen LogP contribution in [0.4, 0.5) is 5.95 Å². The number of fused-ring (bicyclic) bond motifs is 1. The summed E-state index contributed by atoms with van der Waals surface area (Å²) in [7, 11) is 0. The van der Waals surface area contributed by atoms with E-state index in [0.717, 1.165) is 6.42 Å². The summed E-state index contributed by atoms with van der Waals surface area (Å²) in [4.78, 5) is 17.9. The van der Waals surface area contributed by atoms with E-state index < -0.39 is 0 Å². The zero-order chi connectivity index (χ0) is 12.0. The molecule has 0 saturated heterocycles. The highest BCUT2D eigenvalue weighted by Crippen LogP contribution is 2.39. The van der Waals surface area contributed by atoms with Gasteiger partial charge in [-0.2, -0.15) is 4.98 Å². The fourth-order valence-corrected chi connectivity index (χ4v) is 1.99. The lowest BCUT2D eigenvalue weighted by atomic mass is 10.3. The predicted molar refractivity (Wildman–Crippen MR) is 59.0 cm³/mol. The summed E-state index contributed by atoms with van der Waals surface area (Å²) in [6, 6.07) is 0. The molecular weight excluding hydrogens is 224 g/mol. The third-order valence-corrected chi connectivity index (χ3v) is 3.10. The minimum absolute atomic E-state index is 0.0561. The van der Waals surface area contributed by atoms with Crippen LogP contribution in [0.5, 0.6) is 0 Å². The number of H-pyrrole nitrogens is 1. The van der Waals surface area contributed by atoms with E-state index in [1.165, 1.54) is 0 Å². The molecule has 2 aromatic heterocycles. The molecule has 0 aromatic carbocycles. The van der Waals surface area contributed by atoms with Crippen molar-refractivity contribution in [3.63, 3.8) is 0 Å². The van der Waals surface area contributed by atoms with Gasteiger partial charge in [0.15, 0.2) is 11.2 Å². The molecule has 2 heterocycles. The molecule has 0 amide bonds. The second-order valence-electron chi connectivity index (χ2n) is 4.33. The lowest BCUT2D eigenvalue weighted by Crippen LogP contribution is -2.13. The summed E-state index contributed by atoms with van der Waals surface area (Å²) in [6.07, 6.45) is 0.969. The van der Waals surface area contributed by atoms with Gasteiger partial charge in [-0.3, -0.25) is 9.78 Å². The van der Waals surface area contributed by atoms with Gasteiger partial charge in [-0.25, -0.2) is 4.68 Å². The monoisotopic (exact) mass is 236 g/mol. The van der Waals surface area contributed by atoms with Crippen molar-refractivity contribution < 1.29 is 5.11 Å². The largest absolute Gasteiger partial charge is 0.396 e. The number of nitrogens with one attached hydrogen (secondary N) is 1. The number of nitrogens with two attached hydrogens (primary N) is 1. The Hall–Kier alpha value is -1.96. The average molecular weight is 236 g/mol. The maximum atomic E-state index is 11.5. The molecule has 0 aliphatic heterocycles. The molecule has 2 atom stereocenters. The Kier molecular flexibility index (Phi) is 2.11. The molecule has 0 unspecified atom stereocenters. The van der Waals surface area contributed by atoms with E-state index in [-0.39, 0.29) is 23.6 Å². The van der Waals surface area contributed by atoms with Crippen LogP contribution >= 0.6 is 0 Å². The standard InChI is InChI=1S/C9H12N6O2/c10-9-11-7-6(8(17)12-9)13-14-15(7)2-4-1-5(4)3-16/h4-5,16H,1-3H2,(H3,10,11,12,17)/t4-,5+/m1/s1. The Morgan fingerprint density at radius 3 is 3.06 bits per heavy atom. The van der Waals surface area contributed by atoms with Crippen LogP contribution < -0.4 is 11.3 Å². The molecule has 17 heavy (non-hydrogen) atoms. The number of nitrogens with zero attached hydrogens (tertiary/aromatic N) is 4. The maximum absolute atomic E-state index is 11.5. The van der Waals surface area contributed by atoms with Gasteiger partial charge >= 0.3 is 0 Å². The van der Waals surface area contributed by atoms with Crippen molar-refractivity contribution in [3.05, 3.63) is 10.4 Å². The molecule has 2 aromatic rings. The smallest absolute Gasteiger partial charge is 0.282 e.